The van der Waals surface area contributed by atoms with Gasteiger partial charge in [-0.15, -0.1) is 0 Å². The van der Waals surface area contributed by atoms with Gasteiger partial charge in [0.2, 0.25) is 11.8 Å². The number of nitrogens with zero attached hydrogens (tertiary/aromatic N) is 4. The first-order valence-electron chi connectivity index (χ1n) is 9.73. The molecule has 0 aromatic carbocycles. The fourth-order valence-electron chi connectivity index (χ4n) is 4.38. The molecule has 0 bridgehead atoms. The zero-order chi connectivity index (χ0) is 19.3. The molecule has 2 fully saturated rings. The second-order valence-corrected chi connectivity index (χ2v) is 7.60. The molecule has 1 atom stereocenters. The third kappa shape index (κ3) is 4.30. The number of carbonyl (C=O) groups is 2. The highest BCUT2D eigenvalue weighted by atomic mass is 16.5. The molecule has 2 aliphatic heterocycles. The van der Waals surface area contributed by atoms with Crippen LogP contribution in [0.4, 0.5) is 0 Å². The van der Waals surface area contributed by atoms with Gasteiger partial charge in [0.05, 0.1) is 13.2 Å². The predicted molar refractivity (Wildman–Crippen MR) is 102 cm³/mol. The van der Waals surface area contributed by atoms with Gasteiger partial charge < -0.3 is 14.5 Å². The summed E-state index contributed by atoms with van der Waals surface area (Å²) in [5.74, 6) is 0.152. The minimum atomic E-state index is -0.638. The average Bonchev–Trinajstić information content (AvgIpc) is 3.08. The lowest BCUT2D eigenvalue weighted by molar-refractivity contribution is -0.156. The van der Waals surface area contributed by atoms with E-state index in [1.165, 1.54) is 0 Å². The second kappa shape index (κ2) is 8.80. The van der Waals surface area contributed by atoms with Crippen LogP contribution in [0.3, 0.4) is 0 Å². The van der Waals surface area contributed by atoms with Crippen molar-refractivity contribution in [2.45, 2.75) is 37.8 Å². The minimum Gasteiger partial charge on any atom is -0.383 e. The van der Waals surface area contributed by atoms with Gasteiger partial charge in [-0.2, -0.15) is 0 Å². The smallest absolute Gasteiger partial charge is 0.248 e. The van der Waals surface area contributed by atoms with Crippen LogP contribution in [0.1, 0.15) is 31.2 Å². The Bertz CT molecular complexity index is 654. The van der Waals surface area contributed by atoms with Crippen molar-refractivity contribution in [1.29, 1.82) is 0 Å². The largest absolute Gasteiger partial charge is 0.383 e. The molecule has 7 nitrogen and oxygen atoms in total. The summed E-state index contributed by atoms with van der Waals surface area (Å²) >= 11 is 0. The van der Waals surface area contributed by atoms with Gasteiger partial charge >= 0.3 is 0 Å². The van der Waals surface area contributed by atoms with E-state index in [1.807, 2.05) is 33.9 Å². The van der Waals surface area contributed by atoms with Crippen LogP contribution in [-0.2, 0) is 20.9 Å². The minimum absolute atomic E-state index is 0.0472. The number of carbonyl (C=O) groups excluding carboxylic acids is 2. The van der Waals surface area contributed by atoms with E-state index in [0.717, 1.165) is 37.8 Å². The second-order valence-electron chi connectivity index (χ2n) is 7.60. The van der Waals surface area contributed by atoms with E-state index in [1.54, 1.807) is 19.5 Å². The van der Waals surface area contributed by atoms with Crippen molar-refractivity contribution in [3.05, 3.63) is 30.1 Å². The quantitative estimate of drug-likeness (QED) is 0.716. The van der Waals surface area contributed by atoms with Crippen molar-refractivity contribution in [3.63, 3.8) is 0 Å². The lowest BCUT2D eigenvalue weighted by Crippen LogP contribution is -2.62. The molecule has 2 saturated heterocycles. The maximum Gasteiger partial charge on any atom is 0.248 e. The molecule has 0 N–H and O–H groups in total. The molecule has 1 unspecified atom stereocenters. The Hall–Kier alpha value is -1.99. The first kappa shape index (κ1) is 19.8. The van der Waals surface area contributed by atoms with Crippen LogP contribution in [-0.4, -0.2) is 84.0 Å². The van der Waals surface area contributed by atoms with Crippen molar-refractivity contribution >= 4 is 11.8 Å². The molecule has 0 aliphatic carbocycles. The van der Waals surface area contributed by atoms with Crippen molar-refractivity contribution in [1.82, 2.24) is 19.7 Å². The molecular weight excluding hydrogens is 344 g/mol. The van der Waals surface area contributed by atoms with Crippen molar-refractivity contribution in [2.75, 3.05) is 46.9 Å². The van der Waals surface area contributed by atoms with Gasteiger partial charge in [0.1, 0.15) is 5.54 Å². The van der Waals surface area contributed by atoms with Crippen LogP contribution < -0.4 is 0 Å². The van der Waals surface area contributed by atoms with Crippen molar-refractivity contribution < 1.29 is 14.3 Å². The Morgan fingerprint density at radius 1 is 1.26 bits per heavy atom. The molecule has 148 valence electrons. The topological polar surface area (TPSA) is 66.0 Å². The molecule has 27 heavy (non-hydrogen) atoms. The fraction of sp³-hybridized carbons (Fsp3) is 0.650. The Morgan fingerprint density at radius 2 is 1.96 bits per heavy atom. The molecule has 1 aromatic heterocycles. The van der Waals surface area contributed by atoms with Gasteiger partial charge in [0.25, 0.3) is 0 Å². The predicted octanol–water partition coefficient (Wildman–Crippen LogP) is 1.14. The summed E-state index contributed by atoms with van der Waals surface area (Å²) in [5.41, 5.74) is 0.483. The molecule has 0 radical (unpaired) electrons. The van der Waals surface area contributed by atoms with Crippen LogP contribution in [0.25, 0.3) is 0 Å². The molecule has 2 aliphatic rings. The van der Waals surface area contributed by atoms with Crippen LogP contribution in [0.2, 0.25) is 0 Å². The SMILES string of the molecule is COCCN1CCCC2(CCCN2C(=O)CN(C)Cc2ccncc2)C1=O. The van der Waals surface area contributed by atoms with Crippen LogP contribution in [0.5, 0.6) is 0 Å². The normalized spacial score (nSPS) is 22.9. The summed E-state index contributed by atoms with van der Waals surface area (Å²) in [6, 6.07) is 3.91. The van der Waals surface area contributed by atoms with Gasteiger partial charge in [-0.25, -0.2) is 0 Å². The van der Waals surface area contributed by atoms with Gasteiger partial charge in [0, 0.05) is 45.7 Å². The average molecular weight is 374 g/mol. The monoisotopic (exact) mass is 374 g/mol. The third-order valence-electron chi connectivity index (χ3n) is 5.67. The van der Waals surface area contributed by atoms with E-state index >= 15 is 0 Å². The van der Waals surface area contributed by atoms with E-state index in [2.05, 4.69) is 4.98 Å². The van der Waals surface area contributed by atoms with Gasteiger partial charge in [0.15, 0.2) is 0 Å². The molecule has 1 aromatic rings. The summed E-state index contributed by atoms with van der Waals surface area (Å²) in [4.78, 5) is 36.0. The molecule has 7 heteroatoms. The maximum absolute atomic E-state index is 13.2. The number of hydrogen-bond acceptors (Lipinski definition) is 5. The number of piperidine rings is 1. The molecule has 3 heterocycles. The van der Waals surface area contributed by atoms with E-state index in [9.17, 15) is 9.59 Å². The highest BCUT2D eigenvalue weighted by Gasteiger charge is 2.52. The van der Waals surface area contributed by atoms with Crippen molar-refractivity contribution in [2.24, 2.45) is 0 Å². The van der Waals surface area contributed by atoms with Crippen LogP contribution in [0.15, 0.2) is 24.5 Å². The van der Waals surface area contributed by atoms with E-state index < -0.39 is 5.54 Å². The molecule has 0 saturated carbocycles. The number of amides is 2. The van der Waals surface area contributed by atoms with E-state index in [0.29, 0.717) is 32.8 Å². The summed E-state index contributed by atoms with van der Waals surface area (Å²) in [7, 11) is 3.59. The Morgan fingerprint density at radius 3 is 2.67 bits per heavy atom. The number of rotatable bonds is 7. The lowest BCUT2D eigenvalue weighted by atomic mass is 9.85. The molecule has 2 amide bonds. The zero-order valence-electron chi connectivity index (χ0n) is 16.4. The number of likely N-dealkylation sites (tertiary alicyclic amines) is 2. The molecule has 1 spiro atoms. The standard InChI is InChI=1S/C20H30N4O3/c1-22(15-17-5-9-21-10-6-17)16-18(25)24-12-4-8-20(24)7-3-11-23(19(20)26)13-14-27-2/h5-6,9-10H,3-4,7-8,11-16H2,1-2H3. The first-order chi connectivity index (χ1) is 13.1. The highest BCUT2D eigenvalue weighted by molar-refractivity contribution is 5.93. The number of hydrogen-bond donors (Lipinski definition) is 0. The first-order valence-corrected chi connectivity index (χ1v) is 9.73. The summed E-state index contributed by atoms with van der Waals surface area (Å²) in [6.45, 7) is 3.56. The zero-order valence-corrected chi connectivity index (χ0v) is 16.4. The summed E-state index contributed by atoms with van der Waals surface area (Å²) in [5, 5.41) is 0. The number of ether oxygens (including phenoxy) is 1. The van der Waals surface area contributed by atoms with E-state index in [-0.39, 0.29) is 11.8 Å². The fourth-order valence-corrected chi connectivity index (χ4v) is 4.38. The number of likely N-dealkylation sites (N-methyl/N-ethyl adjacent to an activating group) is 1. The number of methoxy groups -OCH3 is 1. The molecular formula is C20H30N4O3. The van der Waals surface area contributed by atoms with Gasteiger partial charge in [-0.3, -0.25) is 19.5 Å². The highest BCUT2D eigenvalue weighted by Crippen LogP contribution is 2.38. The summed E-state index contributed by atoms with van der Waals surface area (Å²) in [6.07, 6.45) is 6.89. The summed E-state index contributed by atoms with van der Waals surface area (Å²) < 4.78 is 5.14. The van der Waals surface area contributed by atoms with Gasteiger partial charge in [-0.05, 0) is 50.4 Å². The number of aromatic nitrogens is 1. The Labute approximate surface area is 161 Å². The van der Waals surface area contributed by atoms with Crippen LogP contribution in [0, 0.1) is 0 Å². The maximum atomic E-state index is 13.2. The van der Waals surface area contributed by atoms with Gasteiger partial charge in [-0.1, -0.05) is 0 Å². The Balaban J connectivity index is 1.65. The molecule has 3 rings (SSSR count). The Kier molecular flexibility index (Phi) is 6.44. The lowest BCUT2D eigenvalue weighted by Gasteiger charge is -2.44. The van der Waals surface area contributed by atoms with Crippen molar-refractivity contribution in [3.8, 4) is 0 Å². The van der Waals surface area contributed by atoms with Crippen LogP contribution >= 0.6 is 0 Å². The number of pyridine rings is 1. The third-order valence-corrected chi connectivity index (χ3v) is 5.67. The van der Waals surface area contributed by atoms with E-state index in [4.69, 9.17) is 4.74 Å².